The second-order valence-corrected chi connectivity index (χ2v) is 5.98. The molecule has 0 spiro atoms. The maximum Gasteiger partial charge on any atom is 0.322 e. The largest absolute Gasteiger partial charge is 0.345 e. The van der Waals surface area contributed by atoms with Crippen molar-refractivity contribution in [1.82, 2.24) is 15.1 Å². The molecule has 120 valence electrons. The molecule has 0 aliphatic carbocycles. The number of hydrogen-bond acceptors (Lipinski definition) is 3. The van der Waals surface area contributed by atoms with Crippen LogP contribution in [0, 0.1) is 0 Å². The monoisotopic (exact) mass is 324 g/mol. The average molecular weight is 325 g/mol. The molecule has 1 aliphatic rings. The van der Waals surface area contributed by atoms with Crippen molar-refractivity contribution in [2.45, 2.75) is 13.0 Å². The van der Waals surface area contributed by atoms with E-state index in [1.165, 1.54) is 4.90 Å². The van der Waals surface area contributed by atoms with Gasteiger partial charge in [-0.25, -0.2) is 4.79 Å². The van der Waals surface area contributed by atoms with Crippen LogP contribution in [0.25, 0.3) is 0 Å². The molecule has 1 aromatic rings. The quantitative estimate of drug-likeness (QED) is 0.873. The summed E-state index contributed by atoms with van der Waals surface area (Å²) in [5, 5.41) is 6.39. The zero-order valence-electron chi connectivity index (χ0n) is 13.0. The minimum Gasteiger partial charge on any atom is -0.345 e. The van der Waals surface area contributed by atoms with Gasteiger partial charge in [0.15, 0.2) is 0 Å². The summed E-state index contributed by atoms with van der Waals surface area (Å²) in [5.74, 6) is -0.168. The predicted molar refractivity (Wildman–Crippen MR) is 87.5 cm³/mol. The summed E-state index contributed by atoms with van der Waals surface area (Å²) >= 11 is 6.14. The third-order valence-corrected chi connectivity index (χ3v) is 3.93. The van der Waals surface area contributed by atoms with Gasteiger partial charge in [-0.2, -0.15) is 0 Å². The van der Waals surface area contributed by atoms with Crippen LogP contribution < -0.4 is 10.6 Å². The summed E-state index contributed by atoms with van der Waals surface area (Å²) < 4.78 is 0. The first-order chi connectivity index (χ1) is 10.4. The van der Waals surface area contributed by atoms with Crippen LogP contribution in [0.1, 0.15) is 17.3 Å². The molecule has 22 heavy (non-hydrogen) atoms. The maximum absolute atomic E-state index is 12.3. The van der Waals surface area contributed by atoms with Gasteiger partial charge in [0.25, 0.3) is 5.91 Å². The average Bonchev–Trinajstić information content (AvgIpc) is 2.47. The van der Waals surface area contributed by atoms with Gasteiger partial charge in [0.2, 0.25) is 0 Å². The fraction of sp³-hybridized carbons (Fsp3) is 0.467. The number of piperazine rings is 1. The first-order valence-electron chi connectivity index (χ1n) is 7.19. The third-order valence-electron chi connectivity index (χ3n) is 3.62. The highest BCUT2D eigenvalue weighted by Crippen LogP contribution is 2.22. The number of anilines is 1. The van der Waals surface area contributed by atoms with Crippen LogP contribution in [-0.2, 0) is 0 Å². The Morgan fingerprint density at radius 2 is 2.14 bits per heavy atom. The highest BCUT2D eigenvalue weighted by atomic mass is 35.5. The number of carbonyl (C=O) groups is 2. The van der Waals surface area contributed by atoms with E-state index in [0.29, 0.717) is 22.8 Å². The SMILES string of the molecule is C[C@@H]1CNCCN1C(=O)Nc1ccc(C(=O)N(C)C)c(Cl)c1. The molecule has 0 unspecified atom stereocenters. The number of urea groups is 1. The van der Waals surface area contributed by atoms with Crippen molar-refractivity contribution in [3.63, 3.8) is 0 Å². The van der Waals surface area contributed by atoms with E-state index < -0.39 is 0 Å². The molecule has 1 saturated heterocycles. The zero-order chi connectivity index (χ0) is 16.3. The molecular formula is C15H21ClN4O2. The van der Waals surface area contributed by atoms with Gasteiger partial charge in [0.05, 0.1) is 10.6 Å². The molecule has 2 N–H and O–H groups in total. The molecule has 0 radical (unpaired) electrons. The summed E-state index contributed by atoms with van der Waals surface area (Å²) in [4.78, 5) is 27.5. The molecule has 3 amide bonds. The van der Waals surface area contributed by atoms with Gasteiger partial charge in [0, 0.05) is 45.5 Å². The number of carbonyl (C=O) groups excluding carboxylic acids is 2. The number of hydrogen-bond donors (Lipinski definition) is 2. The summed E-state index contributed by atoms with van der Waals surface area (Å²) in [6.45, 7) is 4.23. The molecule has 1 fully saturated rings. The lowest BCUT2D eigenvalue weighted by molar-refractivity contribution is 0.0828. The second-order valence-electron chi connectivity index (χ2n) is 5.57. The van der Waals surface area contributed by atoms with Gasteiger partial charge >= 0.3 is 6.03 Å². The van der Waals surface area contributed by atoms with E-state index in [-0.39, 0.29) is 18.0 Å². The van der Waals surface area contributed by atoms with Crippen molar-refractivity contribution >= 4 is 29.2 Å². The summed E-state index contributed by atoms with van der Waals surface area (Å²) in [7, 11) is 3.33. The summed E-state index contributed by atoms with van der Waals surface area (Å²) in [5.41, 5.74) is 0.997. The number of rotatable bonds is 2. The minimum absolute atomic E-state index is 0.138. The molecule has 0 aromatic heterocycles. The minimum atomic E-state index is -0.168. The molecule has 7 heteroatoms. The smallest absolute Gasteiger partial charge is 0.322 e. The van der Waals surface area contributed by atoms with E-state index in [4.69, 9.17) is 11.6 Å². The van der Waals surface area contributed by atoms with Gasteiger partial charge in [-0.3, -0.25) is 4.79 Å². The summed E-state index contributed by atoms with van der Waals surface area (Å²) in [6, 6.07) is 4.90. The Hall–Kier alpha value is -1.79. The molecule has 1 aliphatic heterocycles. The Morgan fingerprint density at radius 3 is 2.73 bits per heavy atom. The van der Waals surface area contributed by atoms with Crippen LogP contribution in [0.15, 0.2) is 18.2 Å². The van der Waals surface area contributed by atoms with Gasteiger partial charge in [-0.1, -0.05) is 11.6 Å². The Bertz CT molecular complexity index is 577. The van der Waals surface area contributed by atoms with Crippen molar-refractivity contribution in [2.75, 3.05) is 39.0 Å². The van der Waals surface area contributed by atoms with Gasteiger partial charge in [0.1, 0.15) is 0 Å². The highest BCUT2D eigenvalue weighted by molar-refractivity contribution is 6.34. The number of amides is 3. The third kappa shape index (κ3) is 3.69. The van der Waals surface area contributed by atoms with E-state index >= 15 is 0 Å². The van der Waals surface area contributed by atoms with E-state index in [1.807, 2.05) is 6.92 Å². The number of halogens is 1. The summed E-state index contributed by atoms with van der Waals surface area (Å²) in [6.07, 6.45) is 0. The van der Waals surface area contributed by atoms with Crippen molar-refractivity contribution in [3.8, 4) is 0 Å². The van der Waals surface area contributed by atoms with Crippen molar-refractivity contribution in [1.29, 1.82) is 0 Å². The highest BCUT2D eigenvalue weighted by Gasteiger charge is 2.23. The lowest BCUT2D eigenvalue weighted by atomic mass is 10.2. The first kappa shape index (κ1) is 16.6. The van der Waals surface area contributed by atoms with E-state index in [0.717, 1.165) is 13.1 Å². The van der Waals surface area contributed by atoms with Crippen LogP contribution >= 0.6 is 11.6 Å². The number of nitrogens with one attached hydrogen (secondary N) is 2. The fourth-order valence-corrected chi connectivity index (χ4v) is 2.61. The fourth-order valence-electron chi connectivity index (χ4n) is 2.35. The van der Waals surface area contributed by atoms with E-state index in [2.05, 4.69) is 10.6 Å². The van der Waals surface area contributed by atoms with Crippen molar-refractivity contribution < 1.29 is 9.59 Å². The topological polar surface area (TPSA) is 64.7 Å². The standard InChI is InChI=1S/C15H21ClN4O2/c1-10-9-17-6-7-20(10)15(22)18-11-4-5-12(13(16)8-11)14(21)19(2)3/h4-5,8,10,17H,6-7,9H2,1-3H3,(H,18,22)/t10-/m1/s1. The number of benzene rings is 1. The van der Waals surface area contributed by atoms with Crippen LogP contribution in [0.3, 0.4) is 0 Å². The Kier molecular flexibility index (Phi) is 5.26. The zero-order valence-corrected chi connectivity index (χ0v) is 13.8. The van der Waals surface area contributed by atoms with Crippen LogP contribution in [0.2, 0.25) is 5.02 Å². The molecule has 1 heterocycles. The molecule has 2 rings (SSSR count). The molecule has 0 saturated carbocycles. The van der Waals surface area contributed by atoms with Crippen LogP contribution in [-0.4, -0.2) is 61.5 Å². The van der Waals surface area contributed by atoms with Crippen LogP contribution in [0.5, 0.6) is 0 Å². The van der Waals surface area contributed by atoms with Crippen molar-refractivity contribution in [2.24, 2.45) is 0 Å². The number of nitrogens with zero attached hydrogens (tertiary/aromatic N) is 2. The molecule has 1 aromatic carbocycles. The Balaban J connectivity index is 2.09. The van der Waals surface area contributed by atoms with E-state index in [9.17, 15) is 9.59 Å². The molecule has 6 nitrogen and oxygen atoms in total. The Morgan fingerprint density at radius 1 is 1.41 bits per heavy atom. The molecule has 1 atom stereocenters. The predicted octanol–water partition coefficient (Wildman–Crippen LogP) is 1.87. The van der Waals surface area contributed by atoms with Crippen LogP contribution in [0.4, 0.5) is 10.5 Å². The lowest BCUT2D eigenvalue weighted by Gasteiger charge is -2.33. The second kappa shape index (κ2) is 6.98. The van der Waals surface area contributed by atoms with Gasteiger partial charge in [-0.15, -0.1) is 0 Å². The van der Waals surface area contributed by atoms with Gasteiger partial charge in [-0.05, 0) is 25.1 Å². The van der Waals surface area contributed by atoms with Gasteiger partial charge < -0.3 is 20.4 Å². The maximum atomic E-state index is 12.3. The normalized spacial score (nSPS) is 18.0. The molecule has 0 bridgehead atoms. The first-order valence-corrected chi connectivity index (χ1v) is 7.57. The molecular weight excluding hydrogens is 304 g/mol. The lowest BCUT2D eigenvalue weighted by Crippen LogP contribution is -2.53. The van der Waals surface area contributed by atoms with Crippen molar-refractivity contribution in [3.05, 3.63) is 28.8 Å². The Labute approximate surface area is 135 Å². The van der Waals surface area contributed by atoms with E-state index in [1.54, 1.807) is 37.2 Å².